The average Bonchev–Trinajstić information content (AvgIpc) is 2.62. The third-order valence-electron chi connectivity index (χ3n) is 2.57. The first-order chi connectivity index (χ1) is 6.81. The fourth-order valence-electron chi connectivity index (χ4n) is 1.55. The summed E-state index contributed by atoms with van der Waals surface area (Å²) in [6.45, 7) is 5.47. The highest BCUT2D eigenvalue weighted by molar-refractivity contribution is 7.80. The largest absolute Gasteiger partial charge is 0.335 e. The van der Waals surface area contributed by atoms with Gasteiger partial charge in [-0.1, -0.05) is 20.3 Å². The molecule has 1 unspecified atom stereocenters. The van der Waals surface area contributed by atoms with E-state index in [0.717, 1.165) is 25.1 Å². The molecule has 0 bridgehead atoms. The van der Waals surface area contributed by atoms with Gasteiger partial charge in [0.1, 0.15) is 5.82 Å². The Labute approximate surface area is 92.1 Å². The van der Waals surface area contributed by atoms with Gasteiger partial charge < -0.3 is 4.57 Å². The first-order valence-electron chi connectivity index (χ1n) is 5.42. The van der Waals surface area contributed by atoms with Crippen LogP contribution in [0.25, 0.3) is 0 Å². The molecule has 1 atom stereocenters. The molecule has 1 aromatic heterocycles. The zero-order chi connectivity index (χ0) is 10.4. The second kappa shape index (κ2) is 6.12. The molecule has 0 saturated heterocycles. The normalized spacial score (nSPS) is 13.1. The Balaban J connectivity index is 2.60. The minimum atomic E-state index is 0.670. The number of hydrogen-bond donors (Lipinski definition) is 1. The number of rotatable bonds is 6. The van der Waals surface area contributed by atoms with Crippen LogP contribution in [0.15, 0.2) is 12.4 Å². The molecule has 0 saturated carbocycles. The minimum Gasteiger partial charge on any atom is -0.335 e. The zero-order valence-corrected chi connectivity index (χ0v) is 10.0. The van der Waals surface area contributed by atoms with Gasteiger partial charge in [0, 0.05) is 25.4 Å². The summed E-state index contributed by atoms with van der Waals surface area (Å²) >= 11 is 4.36. The van der Waals surface area contributed by atoms with E-state index in [4.69, 9.17) is 0 Å². The van der Waals surface area contributed by atoms with E-state index in [1.165, 1.54) is 12.2 Å². The predicted molar refractivity (Wildman–Crippen MR) is 63.9 cm³/mol. The number of thiol groups is 1. The number of aryl methyl sites for hydroxylation is 1. The molecule has 1 aromatic rings. The van der Waals surface area contributed by atoms with Crippen molar-refractivity contribution in [2.24, 2.45) is 5.92 Å². The highest BCUT2D eigenvalue weighted by atomic mass is 32.1. The molecular formula is C11H20N2S. The van der Waals surface area contributed by atoms with Crippen LogP contribution in [0.2, 0.25) is 0 Å². The summed E-state index contributed by atoms with van der Waals surface area (Å²) < 4.78 is 2.27. The number of aromatic nitrogens is 2. The van der Waals surface area contributed by atoms with Gasteiger partial charge in [0.15, 0.2) is 0 Å². The Morgan fingerprint density at radius 3 is 2.86 bits per heavy atom. The molecule has 1 rings (SSSR count). The van der Waals surface area contributed by atoms with Crippen molar-refractivity contribution >= 4 is 12.6 Å². The van der Waals surface area contributed by atoms with E-state index in [-0.39, 0.29) is 0 Å². The van der Waals surface area contributed by atoms with Gasteiger partial charge in [0.2, 0.25) is 0 Å². The van der Waals surface area contributed by atoms with Crippen molar-refractivity contribution in [2.75, 3.05) is 5.75 Å². The molecule has 14 heavy (non-hydrogen) atoms. The van der Waals surface area contributed by atoms with E-state index in [1.807, 2.05) is 6.20 Å². The number of hydrogen-bond acceptors (Lipinski definition) is 2. The van der Waals surface area contributed by atoms with Crippen molar-refractivity contribution in [3.63, 3.8) is 0 Å². The van der Waals surface area contributed by atoms with Gasteiger partial charge >= 0.3 is 0 Å². The second-order valence-corrected chi connectivity index (χ2v) is 4.07. The summed E-state index contributed by atoms with van der Waals surface area (Å²) in [7, 11) is 0. The predicted octanol–water partition coefficient (Wildman–Crippen LogP) is 2.79. The molecule has 0 aliphatic carbocycles. The van der Waals surface area contributed by atoms with Crippen LogP contribution in [-0.4, -0.2) is 15.3 Å². The first kappa shape index (κ1) is 11.6. The molecule has 1 heterocycles. The summed E-state index contributed by atoms with van der Waals surface area (Å²) in [5.41, 5.74) is 0. The number of imidazole rings is 1. The monoisotopic (exact) mass is 212 g/mol. The Morgan fingerprint density at radius 1 is 1.50 bits per heavy atom. The van der Waals surface area contributed by atoms with Crippen LogP contribution < -0.4 is 0 Å². The lowest BCUT2D eigenvalue weighted by Crippen LogP contribution is -2.13. The number of nitrogens with zero attached hydrogens (tertiary/aromatic N) is 2. The molecule has 0 aromatic carbocycles. The van der Waals surface area contributed by atoms with Crippen LogP contribution in [0.3, 0.4) is 0 Å². The van der Waals surface area contributed by atoms with E-state index in [0.29, 0.717) is 5.92 Å². The van der Waals surface area contributed by atoms with Gasteiger partial charge in [0.25, 0.3) is 0 Å². The second-order valence-electron chi connectivity index (χ2n) is 3.70. The third kappa shape index (κ3) is 3.05. The summed E-state index contributed by atoms with van der Waals surface area (Å²) in [4.78, 5) is 4.37. The fourth-order valence-corrected chi connectivity index (χ4v) is 1.93. The van der Waals surface area contributed by atoms with Gasteiger partial charge in [-0.3, -0.25) is 0 Å². The maximum absolute atomic E-state index is 4.37. The van der Waals surface area contributed by atoms with Gasteiger partial charge in [-0.05, 0) is 18.1 Å². The summed E-state index contributed by atoms with van der Waals surface area (Å²) in [5, 5.41) is 0. The lowest BCUT2D eigenvalue weighted by atomic mass is 10.1. The van der Waals surface area contributed by atoms with Crippen molar-refractivity contribution < 1.29 is 0 Å². The van der Waals surface area contributed by atoms with E-state index in [2.05, 4.69) is 42.2 Å². The van der Waals surface area contributed by atoms with Crippen LogP contribution >= 0.6 is 12.6 Å². The van der Waals surface area contributed by atoms with Crippen molar-refractivity contribution in [1.29, 1.82) is 0 Å². The quantitative estimate of drug-likeness (QED) is 0.718. The van der Waals surface area contributed by atoms with Crippen molar-refractivity contribution in [3.05, 3.63) is 18.2 Å². The average molecular weight is 212 g/mol. The van der Waals surface area contributed by atoms with Crippen LogP contribution in [0.1, 0.15) is 32.5 Å². The maximum Gasteiger partial charge on any atom is 0.108 e. The van der Waals surface area contributed by atoms with Gasteiger partial charge in [-0.25, -0.2) is 4.98 Å². The summed E-state index contributed by atoms with van der Waals surface area (Å²) in [6.07, 6.45) is 7.41. The van der Waals surface area contributed by atoms with Crippen molar-refractivity contribution in [1.82, 2.24) is 9.55 Å². The van der Waals surface area contributed by atoms with Gasteiger partial charge in [-0.2, -0.15) is 12.6 Å². The van der Waals surface area contributed by atoms with Gasteiger partial charge in [-0.15, -0.1) is 0 Å². The maximum atomic E-state index is 4.37. The van der Waals surface area contributed by atoms with Crippen molar-refractivity contribution in [3.8, 4) is 0 Å². The highest BCUT2D eigenvalue weighted by Crippen LogP contribution is 2.11. The van der Waals surface area contributed by atoms with Gasteiger partial charge in [0.05, 0.1) is 0 Å². The molecule has 0 N–H and O–H groups in total. The molecule has 0 amide bonds. The standard InChI is InChI=1S/C11H20N2S/c1-3-5-11-12-6-7-13(11)8-10(4-2)9-14/h6-7,10,14H,3-5,8-9H2,1-2H3. The topological polar surface area (TPSA) is 17.8 Å². The summed E-state index contributed by atoms with van der Waals surface area (Å²) in [6, 6.07) is 0. The SMILES string of the molecule is CCCc1nccn1CC(CC)CS. The van der Waals surface area contributed by atoms with E-state index >= 15 is 0 Å². The third-order valence-corrected chi connectivity index (χ3v) is 3.08. The van der Waals surface area contributed by atoms with Crippen LogP contribution in [-0.2, 0) is 13.0 Å². The molecule has 0 aliphatic rings. The van der Waals surface area contributed by atoms with Crippen molar-refractivity contribution in [2.45, 2.75) is 39.7 Å². The minimum absolute atomic E-state index is 0.670. The molecule has 80 valence electrons. The van der Waals surface area contributed by atoms with E-state index in [9.17, 15) is 0 Å². The Hall–Kier alpha value is -0.440. The summed E-state index contributed by atoms with van der Waals surface area (Å²) in [5.74, 6) is 2.84. The molecule has 0 fully saturated rings. The molecule has 2 nitrogen and oxygen atoms in total. The zero-order valence-electron chi connectivity index (χ0n) is 9.11. The molecule has 0 spiro atoms. The Morgan fingerprint density at radius 2 is 2.29 bits per heavy atom. The first-order valence-corrected chi connectivity index (χ1v) is 6.05. The molecular weight excluding hydrogens is 192 g/mol. The smallest absolute Gasteiger partial charge is 0.108 e. The Bertz CT molecular complexity index is 254. The van der Waals surface area contributed by atoms with E-state index < -0.39 is 0 Å². The van der Waals surface area contributed by atoms with Crippen LogP contribution in [0, 0.1) is 5.92 Å². The molecule has 0 aliphatic heterocycles. The molecule has 3 heteroatoms. The van der Waals surface area contributed by atoms with Crippen LogP contribution in [0.5, 0.6) is 0 Å². The lowest BCUT2D eigenvalue weighted by molar-refractivity contribution is 0.464. The van der Waals surface area contributed by atoms with Crippen LogP contribution in [0.4, 0.5) is 0 Å². The highest BCUT2D eigenvalue weighted by Gasteiger charge is 2.07. The van der Waals surface area contributed by atoms with E-state index in [1.54, 1.807) is 0 Å². The Kier molecular flexibility index (Phi) is 5.09. The molecule has 0 radical (unpaired) electrons. The lowest BCUT2D eigenvalue weighted by Gasteiger charge is -2.14. The fraction of sp³-hybridized carbons (Fsp3) is 0.727.